The Labute approximate surface area is 141 Å². The highest BCUT2D eigenvalue weighted by Crippen LogP contribution is 2.21. The van der Waals surface area contributed by atoms with E-state index in [4.69, 9.17) is 0 Å². The Hall–Kier alpha value is -3.01. The number of nitrogens with one attached hydrogen (secondary N) is 1. The van der Waals surface area contributed by atoms with Crippen LogP contribution in [0, 0.1) is 6.92 Å². The molecule has 0 unspecified atom stereocenters. The van der Waals surface area contributed by atoms with Gasteiger partial charge in [-0.2, -0.15) is 0 Å². The summed E-state index contributed by atoms with van der Waals surface area (Å²) in [5.74, 6) is 0.683. The molecule has 0 aliphatic heterocycles. The van der Waals surface area contributed by atoms with Gasteiger partial charge in [0.05, 0.1) is 5.56 Å². The van der Waals surface area contributed by atoms with Crippen LogP contribution >= 0.6 is 0 Å². The van der Waals surface area contributed by atoms with E-state index in [0.29, 0.717) is 24.2 Å². The molecule has 2 heterocycles. The number of nitrogens with zero attached hydrogens (tertiary/aromatic N) is 2. The van der Waals surface area contributed by atoms with Gasteiger partial charge in [0.25, 0.3) is 0 Å². The first-order chi connectivity index (χ1) is 11.7. The summed E-state index contributed by atoms with van der Waals surface area (Å²) in [5, 5.41) is 3.25. The molecule has 0 atom stereocenters. The maximum atomic E-state index is 12.6. The second-order valence-corrected chi connectivity index (χ2v) is 5.62. The van der Waals surface area contributed by atoms with Gasteiger partial charge in [-0.15, -0.1) is 0 Å². The van der Waals surface area contributed by atoms with E-state index in [2.05, 4.69) is 15.3 Å². The smallest absolute Gasteiger partial charge is 0.166 e. The Kier molecular flexibility index (Phi) is 4.96. The Morgan fingerprint density at radius 2 is 1.88 bits per heavy atom. The number of hydrogen-bond donors (Lipinski definition) is 1. The zero-order valence-electron chi connectivity index (χ0n) is 13.6. The summed E-state index contributed by atoms with van der Waals surface area (Å²) in [5.41, 5.74) is 3.46. The molecule has 3 aromatic rings. The minimum Gasteiger partial charge on any atom is -0.340 e. The average molecular weight is 317 g/mol. The fraction of sp³-hybridized carbons (Fsp3) is 0.150. The van der Waals surface area contributed by atoms with Crippen molar-refractivity contribution in [2.24, 2.45) is 0 Å². The van der Waals surface area contributed by atoms with E-state index in [1.807, 2.05) is 61.5 Å². The summed E-state index contributed by atoms with van der Waals surface area (Å²) >= 11 is 0. The first-order valence-electron chi connectivity index (χ1n) is 7.94. The molecule has 0 saturated carbocycles. The van der Waals surface area contributed by atoms with Crippen LogP contribution in [0.3, 0.4) is 0 Å². The third-order valence-electron chi connectivity index (χ3n) is 3.73. The number of para-hydroxylation sites is 1. The van der Waals surface area contributed by atoms with E-state index in [1.165, 1.54) is 0 Å². The van der Waals surface area contributed by atoms with Gasteiger partial charge < -0.3 is 5.32 Å². The van der Waals surface area contributed by atoms with Gasteiger partial charge in [0.1, 0.15) is 5.82 Å². The maximum Gasteiger partial charge on any atom is 0.166 e. The molecule has 0 bridgehead atoms. The van der Waals surface area contributed by atoms with Gasteiger partial charge in [0.2, 0.25) is 0 Å². The van der Waals surface area contributed by atoms with Crippen LogP contribution in [0.5, 0.6) is 0 Å². The van der Waals surface area contributed by atoms with Crippen LogP contribution in [0.15, 0.2) is 67.0 Å². The van der Waals surface area contributed by atoms with Crippen molar-refractivity contribution in [3.05, 3.63) is 83.8 Å². The zero-order valence-corrected chi connectivity index (χ0v) is 13.6. The van der Waals surface area contributed by atoms with Crippen molar-refractivity contribution in [1.82, 2.24) is 9.97 Å². The molecule has 3 rings (SSSR count). The number of Topliss-reactive ketones (excluding diaryl/α,β-unsaturated/α-hetero) is 1. The molecule has 4 nitrogen and oxygen atoms in total. The Bertz CT molecular complexity index is 817. The Morgan fingerprint density at radius 3 is 2.62 bits per heavy atom. The van der Waals surface area contributed by atoms with Crippen molar-refractivity contribution in [1.29, 1.82) is 0 Å². The van der Waals surface area contributed by atoms with Crippen molar-refractivity contribution in [2.45, 2.75) is 19.8 Å². The van der Waals surface area contributed by atoms with Crippen LogP contribution in [0.2, 0.25) is 0 Å². The van der Waals surface area contributed by atoms with Crippen LogP contribution in [0.25, 0.3) is 0 Å². The molecule has 1 N–H and O–H groups in total. The molecular weight excluding hydrogens is 298 g/mol. The van der Waals surface area contributed by atoms with Gasteiger partial charge in [-0.3, -0.25) is 9.78 Å². The average Bonchev–Trinajstić information content (AvgIpc) is 2.62. The number of pyridine rings is 2. The predicted molar refractivity (Wildman–Crippen MR) is 95.6 cm³/mol. The number of hydrogen-bond acceptors (Lipinski definition) is 4. The molecule has 0 fully saturated rings. The van der Waals surface area contributed by atoms with Crippen molar-refractivity contribution < 1.29 is 4.79 Å². The largest absolute Gasteiger partial charge is 0.340 e. The lowest BCUT2D eigenvalue weighted by Crippen LogP contribution is -2.08. The number of carbonyl (C=O) groups is 1. The third-order valence-corrected chi connectivity index (χ3v) is 3.73. The molecule has 0 aliphatic carbocycles. The molecule has 0 saturated heterocycles. The first kappa shape index (κ1) is 15.9. The van der Waals surface area contributed by atoms with Crippen molar-refractivity contribution in [3.8, 4) is 0 Å². The molecule has 0 radical (unpaired) electrons. The Balaban J connectivity index is 1.78. The standard InChI is InChI=1S/C20H19N3O/c1-15-9-11-18(19(24)12-10-16-6-5-13-21-14-16)20(22-15)23-17-7-3-2-4-8-17/h2-9,11,13-14H,10,12H2,1H3,(H,22,23). The third kappa shape index (κ3) is 4.04. The van der Waals surface area contributed by atoms with E-state index >= 15 is 0 Å². The van der Waals surface area contributed by atoms with Crippen LogP contribution in [-0.2, 0) is 6.42 Å². The number of aryl methyl sites for hydroxylation is 2. The van der Waals surface area contributed by atoms with E-state index in [0.717, 1.165) is 16.9 Å². The first-order valence-corrected chi connectivity index (χ1v) is 7.94. The van der Waals surface area contributed by atoms with Gasteiger partial charge in [0, 0.05) is 30.2 Å². The van der Waals surface area contributed by atoms with Crippen molar-refractivity contribution in [2.75, 3.05) is 5.32 Å². The lowest BCUT2D eigenvalue weighted by Gasteiger charge is -2.11. The lowest BCUT2D eigenvalue weighted by molar-refractivity contribution is 0.0983. The normalized spacial score (nSPS) is 10.4. The van der Waals surface area contributed by atoms with Crippen LogP contribution < -0.4 is 5.32 Å². The highest BCUT2D eigenvalue weighted by atomic mass is 16.1. The van der Waals surface area contributed by atoms with Gasteiger partial charge in [-0.25, -0.2) is 4.98 Å². The summed E-state index contributed by atoms with van der Waals surface area (Å²) in [6.07, 6.45) is 4.63. The van der Waals surface area contributed by atoms with E-state index in [9.17, 15) is 4.79 Å². The monoisotopic (exact) mass is 317 g/mol. The summed E-state index contributed by atoms with van der Waals surface area (Å²) in [7, 11) is 0. The summed E-state index contributed by atoms with van der Waals surface area (Å²) in [6, 6.07) is 17.3. The second kappa shape index (κ2) is 7.51. The summed E-state index contributed by atoms with van der Waals surface area (Å²) in [6.45, 7) is 1.92. The lowest BCUT2D eigenvalue weighted by atomic mass is 10.0. The van der Waals surface area contributed by atoms with Crippen molar-refractivity contribution in [3.63, 3.8) is 0 Å². The molecule has 120 valence electrons. The fourth-order valence-corrected chi connectivity index (χ4v) is 2.47. The molecule has 24 heavy (non-hydrogen) atoms. The molecule has 4 heteroatoms. The number of rotatable bonds is 6. The highest BCUT2D eigenvalue weighted by molar-refractivity contribution is 6.01. The topological polar surface area (TPSA) is 54.9 Å². The summed E-state index contributed by atoms with van der Waals surface area (Å²) in [4.78, 5) is 21.2. The Morgan fingerprint density at radius 1 is 1.04 bits per heavy atom. The predicted octanol–water partition coefficient (Wildman–Crippen LogP) is 4.34. The zero-order chi connectivity index (χ0) is 16.8. The SMILES string of the molecule is Cc1ccc(C(=O)CCc2cccnc2)c(Nc2ccccc2)n1. The second-order valence-electron chi connectivity index (χ2n) is 5.62. The van der Waals surface area contributed by atoms with E-state index < -0.39 is 0 Å². The number of aromatic nitrogens is 2. The molecule has 1 aromatic carbocycles. The van der Waals surface area contributed by atoms with E-state index in [1.54, 1.807) is 12.4 Å². The number of carbonyl (C=O) groups excluding carboxylic acids is 1. The van der Waals surface area contributed by atoms with Gasteiger partial charge in [-0.1, -0.05) is 24.3 Å². The molecule has 2 aromatic heterocycles. The number of benzene rings is 1. The van der Waals surface area contributed by atoms with Gasteiger partial charge in [-0.05, 0) is 49.2 Å². The highest BCUT2D eigenvalue weighted by Gasteiger charge is 2.13. The van der Waals surface area contributed by atoms with Crippen LogP contribution in [0.1, 0.15) is 28.0 Å². The number of ketones is 1. The quantitative estimate of drug-likeness (QED) is 0.687. The number of anilines is 2. The van der Waals surface area contributed by atoms with Crippen molar-refractivity contribution >= 4 is 17.3 Å². The molecule has 0 spiro atoms. The summed E-state index contributed by atoms with van der Waals surface area (Å²) < 4.78 is 0. The minimum atomic E-state index is 0.0739. The fourth-order valence-electron chi connectivity index (χ4n) is 2.47. The van der Waals surface area contributed by atoms with Crippen LogP contribution in [0.4, 0.5) is 11.5 Å². The molecular formula is C20H19N3O. The maximum absolute atomic E-state index is 12.6. The molecule has 0 amide bonds. The van der Waals surface area contributed by atoms with Gasteiger partial charge in [0.15, 0.2) is 5.78 Å². The van der Waals surface area contributed by atoms with Crippen LogP contribution in [-0.4, -0.2) is 15.8 Å². The van der Waals surface area contributed by atoms with Gasteiger partial charge >= 0.3 is 0 Å². The van der Waals surface area contributed by atoms with E-state index in [-0.39, 0.29) is 5.78 Å². The molecule has 0 aliphatic rings. The minimum absolute atomic E-state index is 0.0739.